The molecule has 1 N–H and O–H groups in total. The average molecular weight is 483 g/mol. The molecule has 0 bridgehead atoms. The standard InChI is InChI=1S/C20H29N5O.HI/c1-6-21-20(25(5)15-18-8-7-13-24(18)4)22-14-16-9-11-17(12-10-16)19(26)23(2)3;/h7-13H,6,14-15H2,1-5H3,(H,21,22);1H. The van der Waals surface area contributed by atoms with Crippen molar-refractivity contribution in [3.8, 4) is 0 Å². The molecule has 0 spiro atoms. The Kier molecular flexibility index (Phi) is 9.34. The van der Waals surface area contributed by atoms with E-state index in [1.165, 1.54) is 5.69 Å². The number of aryl methyl sites for hydroxylation is 1. The van der Waals surface area contributed by atoms with Gasteiger partial charge in [-0.05, 0) is 36.8 Å². The zero-order chi connectivity index (χ0) is 19.1. The Morgan fingerprint density at radius 3 is 2.33 bits per heavy atom. The summed E-state index contributed by atoms with van der Waals surface area (Å²) in [5.74, 6) is 0.873. The van der Waals surface area contributed by atoms with E-state index < -0.39 is 0 Å². The molecule has 1 aromatic carbocycles. The van der Waals surface area contributed by atoms with Gasteiger partial charge in [0.2, 0.25) is 0 Å². The third-order valence-electron chi connectivity index (χ3n) is 4.17. The second-order valence-corrected chi connectivity index (χ2v) is 6.53. The molecule has 6 nitrogen and oxygen atoms in total. The smallest absolute Gasteiger partial charge is 0.253 e. The van der Waals surface area contributed by atoms with Crippen molar-refractivity contribution in [1.29, 1.82) is 0 Å². The SMILES string of the molecule is CCNC(=NCc1ccc(C(=O)N(C)C)cc1)N(C)Cc1cccn1C.I. The summed E-state index contributed by atoms with van der Waals surface area (Å²) < 4.78 is 2.11. The fourth-order valence-corrected chi connectivity index (χ4v) is 2.63. The molecule has 2 aromatic rings. The summed E-state index contributed by atoms with van der Waals surface area (Å²) in [6.45, 7) is 4.22. The quantitative estimate of drug-likeness (QED) is 0.391. The summed E-state index contributed by atoms with van der Waals surface area (Å²) in [6, 6.07) is 11.8. The maximum absolute atomic E-state index is 12.0. The number of aromatic nitrogens is 1. The lowest BCUT2D eigenvalue weighted by molar-refractivity contribution is 0.0827. The van der Waals surface area contributed by atoms with Gasteiger partial charge in [0.05, 0.1) is 13.1 Å². The van der Waals surface area contributed by atoms with Gasteiger partial charge in [-0.2, -0.15) is 0 Å². The van der Waals surface area contributed by atoms with Gasteiger partial charge < -0.3 is 19.7 Å². The Hall–Kier alpha value is -2.03. The third-order valence-corrected chi connectivity index (χ3v) is 4.17. The van der Waals surface area contributed by atoms with Crippen LogP contribution in [0.4, 0.5) is 0 Å². The molecule has 1 aromatic heterocycles. The first-order chi connectivity index (χ1) is 12.4. The fraction of sp³-hybridized carbons (Fsp3) is 0.400. The Balaban J connectivity index is 0.00000364. The van der Waals surface area contributed by atoms with Crippen molar-refractivity contribution in [3.63, 3.8) is 0 Å². The van der Waals surface area contributed by atoms with Gasteiger partial charge in [0.25, 0.3) is 5.91 Å². The molecule has 0 aliphatic carbocycles. The minimum absolute atomic E-state index is 0. The second kappa shape index (κ2) is 11.0. The minimum atomic E-state index is 0. The molecule has 0 fully saturated rings. The molecular weight excluding hydrogens is 453 g/mol. The van der Waals surface area contributed by atoms with Crippen LogP contribution in [-0.4, -0.2) is 53.9 Å². The zero-order valence-electron chi connectivity index (χ0n) is 16.8. The van der Waals surface area contributed by atoms with Crippen LogP contribution in [0.15, 0.2) is 47.6 Å². The van der Waals surface area contributed by atoms with E-state index in [9.17, 15) is 4.79 Å². The number of aliphatic imine (C=N–C) groups is 1. The predicted octanol–water partition coefficient (Wildman–Crippen LogP) is 2.94. The monoisotopic (exact) mass is 483 g/mol. The molecule has 7 heteroatoms. The highest BCUT2D eigenvalue weighted by Crippen LogP contribution is 2.09. The van der Waals surface area contributed by atoms with Crippen LogP contribution in [0.1, 0.15) is 28.5 Å². The van der Waals surface area contributed by atoms with Crippen LogP contribution < -0.4 is 5.32 Å². The van der Waals surface area contributed by atoms with Gasteiger partial charge in [0.1, 0.15) is 0 Å². The Bertz CT molecular complexity index is 752. The van der Waals surface area contributed by atoms with Gasteiger partial charge >= 0.3 is 0 Å². The molecule has 0 unspecified atom stereocenters. The average Bonchev–Trinajstić information content (AvgIpc) is 3.03. The van der Waals surface area contributed by atoms with Crippen molar-refractivity contribution in [1.82, 2.24) is 19.7 Å². The van der Waals surface area contributed by atoms with E-state index in [2.05, 4.69) is 27.8 Å². The van der Waals surface area contributed by atoms with E-state index in [1.807, 2.05) is 50.6 Å². The lowest BCUT2D eigenvalue weighted by Crippen LogP contribution is -2.38. The number of benzene rings is 1. The molecular formula is C20H30IN5O. The summed E-state index contributed by atoms with van der Waals surface area (Å²) in [6.07, 6.45) is 2.05. The Labute approximate surface area is 179 Å². The number of hydrogen-bond donors (Lipinski definition) is 1. The van der Waals surface area contributed by atoms with E-state index >= 15 is 0 Å². The van der Waals surface area contributed by atoms with Gasteiger partial charge in [-0.25, -0.2) is 4.99 Å². The van der Waals surface area contributed by atoms with Crippen molar-refractivity contribution < 1.29 is 4.79 Å². The summed E-state index contributed by atoms with van der Waals surface area (Å²) in [4.78, 5) is 20.4. The number of amides is 1. The number of nitrogens with one attached hydrogen (secondary N) is 1. The molecule has 1 amide bonds. The van der Waals surface area contributed by atoms with Crippen LogP contribution in [0.3, 0.4) is 0 Å². The largest absolute Gasteiger partial charge is 0.357 e. The highest BCUT2D eigenvalue weighted by atomic mass is 127. The molecule has 148 valence electrons. The Morgan fingerprint density at radius 2 is 1.81 bits per heavy atom. The number of rotatable bonds is 6. The van der Waals surface area contributed by atoms with Crippen molar-refractivity contribution in [2.75, 3.05) is 27.7 Å². The highest BCUT2D eigenvalue weighted by molar-refractivity contribution is 14.0. The van der Waals surface area contributed by atoms with E-state index in [4.69, 9.17) is 4.99 Å². The summed E-state index contributed by atoms with van der Waals surface area (Å²) in [5.41, 5.74) is 2.99. The van der Waals surface area contributed by atoms with Crippen molar-refractivity contribution in [2.24, 2.45) is 12.0 Å². The predicted molar refractivity (Wildman–Crippen MR) is 122 cm³/mol. The first-order valence-corrected chi connectivity index (χ1v) is 8.82. The molecule has 1 heterocycles. The normalized spacial score (nSPS) is 10.9. The first-order valence-electron chi connectivity index (χ1n) is 8.82. The minimum Gasteiger partial charge on any atom is -0.357 e. The van der Waals surface area contributed by atoms with E-state index in [0.717, 1.165) is 24.6 Å². The van der Waals surface area contributed by atoms with Gasteiger partial charge in [-0.1, -0.05) is 12.1 Å². The number of nitrogens with zero attached hydrogens (tertiary/aromatic N) is 4. The van der Waals surface area contributed by atoms with Gasteiger partial charge in [0, 0.05) is 52.2 Å². The molecule has 2 rings (SSSR count). The zero-order valence-corrected chi connectivity index (χ0v) is 19.1. The number of carbonyl (C=O) groups is 1. The molecule has 0 aliphatic heterocycles. The first kappa shape index (κ1) is 23.0. The maximum Gasteiger partial charge on any atom is 0.253 e. The van der Waals surface area contributed by atoms with Crippen LogP contribution >= 0.6 is 24.0 Å². The lowest BCUT2D eigenvalue weighted by Gasteiger charge is -2.22. The molecule has 0 saturated heterocycles. The van der Waals surface area contributed by atoms with Crippen molar-refractivity contribution in [3.05, 3.63) is 59.4 Å². The number of carbonyl (C=O) groups excluding carboxylic acids is 1. The number of guanidine groups is 1. The van der Waals surface area contributed by atoms with Crippen LogP contribution in [0, 0.1) is 0 Å². The van der Waals surface area contributed by atoms with Crippen LogP contribution in [0.2, 0.25) is 0 Å². The van der Waals surface area contributed by atoms with E-state index in [0.29, 0.717) is 12.1 Å². The molecule has 0 saturated carbocycles. The summed E-state index contributed by atoms with van der Waals surface area (Å²) in [5, 5.41) is 3.33. The summed E-state index contributed by atoms with van der Waals surface area (Å²) in [7, 11) is 7.59. The topological polar surface area (TPSA) is 52.9 Å². The number of hydrogen-bond acceptors (Lipinski definition) is 2. The molecule has 27 heavy (non-hydrogen) atoms. The van der Waals surface area contributed by atoms with Crippen molar-refractivity contribution >= 4 is 35.8 Å². The fourth-order valence-electron chi connectivity index (χ4n) is 2.63. The molecule has 0 radical (unpaired) electrons. The molecule has 0 atom stereocenters. The van der Waals surface area contributed by atoms with Crippen LogP contribution in [-0.2, 0) is 20.1 Å². The van der Waals surface area contributed by atoms with E-state index in [1.54, 1.807) is 19.0 Å². The van der Waals surface area contributed by atoms with Gasteiger partial charge in [-0.15, -0.1) is 24.0 Å². The lowest BCUT2D eigenvalue weighted by atomic mass is 10.1. The Morgan fingerprint density at radius 1 is 1.15 bits per heavy atom. The highest BCUT2D eigenvalue weighted by Gasteiger charge is 2.09. The third kappa shape index (κ3) is 6.57. The maximum atomic E-state index is 12.0. The number of halogens is 1. The van der Waals surface area contributed by atoms with Crippen LogP contribution in [0.25, 0.3) is 0 Å². The van der Waals surface area contributed by atoms with Gasteiger partial charge in [0.15, 0.2) is 5.96 Å². The van der Waals surface area contributed by atoms with Crippen LogP contribution in [0.5, 0.6) is 0 Å². The van der Waals surface area contributed by atoms with Crippen molar-refractivity contribution in [2.45, 2.75) is 20.0 Å². The summed E-state index contributed by atoms with van der Waals surface area (Å²) >= 11 is 0. The second-order valence-electron chi connectivity index (χ2n) is 6.53. The van der Waals surface area contributed by atoms with E-state index in [-0.39, 0.29) is 29.9 Å². The van der Waals surface area contributed by atoms with Gasteiger partial charge in [-0.3, -0.25) is 4.79 Å². The molecule has 0 aliphatic rings.